The number of pyridine rings is 2. The molecule has 0 spiro atoms. The first-order valence-corrected chi connectivity index (χ1v) is 13.0. The highest BCUT2D eigenvalue weighted by Gasteiger charge is 2.42. The van der Waals surface area contributed by atoms with Gasteiger partial charge in [-0.25, -0.2) is 9.07 Å². The predicted molar refractivity (Wildman–Crippen MR) is 133 cm³/mol. The monoisotopic (exact) mass is 577 g/mol. The third-order valence-corrected chi connectivity index (χ3v) is 6.70. The number of rotatable bonds is 12. The number of hydrogen-bond acceptors (Lipinski definition) is 10. The van der Waals surface area contributed by atoms with Crippen molar-refractivity contribution >= 4 is 22.4 Å². The molecule has 1 fully saturated rings. The van der Waals surface area contributed by atoms with Crippen LogP contribution in [0.2, 0.25) is 0 Å². The van der Waals surface area contributed by atoms with Crippen molar-refractivity contribution in [1.29, 1.82) is 0 Å². The van der Waals surface area contributed by atoms with Gasteiger partial charge in [-0.3, -0.25) is 20.1 Å². The van der Waals surface area contributed by atoms with Crippen LogP contribution in [0, 0.1) is 0 Å². The molecule has 5 heterocycles. The molecule has 0 bridgehead atoms. The van der Waals surface area contributed by atoms with Crippen LogP contribution in [0.4, 0.5) is 22.7 Å². The molecule has 0 radical (unpaired) electrons. The molecule has 1 aliphatic heterocycles. The van der Waals surface area contributed by atoms with E-state index in [1.54, 1.807) is 30.6 Å². The summed E-state index contributed by atoms with van der Waals surface area (Å²) in [4.78, 5) is 20.2. The zero-order chi connectivity index (χ0) is 28.1. The zero-order valence-corrected chi connectivity index (χ0v) is 21.6. The molecule has 1 amide bonds. The average molecular weight is 578 g/mol. The Morgan fingerprint density at radius 3 is 2.77 bits per heavy atom. The van der Waals surface area contributed by atoms with E-state index in [1.165, 1.54) is 16.0 Å². The quantitative estimate of drug-likeness (QED) is 0.192. The van der Waals surface area contributed by atoms with E-state index in [9.17, 15) is 22.4 Å². The number of aryl methyl sites for hydroxylation is 1. The summed E-state index contributed by atoms with van der Waals surface area (Å²) in [6.07, 6.45) is -1.68. The third-order valence-electron chi connectivity index (χ3n) is 5.81. The molecule has 0 aromatic carbocycles. The highest BCUT2D eigenvalue weighted by Crippen LogP contribution is 2.36. The van der Waals surface area contributed by atoms with Crippen LogP contribution in [-0.2, 0) is 41.6 Å². The van der Waals surface area contributed by atoms with Gasteiger partial charge in [0.05, 0.1) is 30.4 Å². The SMILES string of the molecule is O=C(Cc1ccccn1)Nc1nnc(CCC(F)Cn2cc(C3OC3NCc3cc(C(F)(F)F)ccn3)nn2)s1. The van der Waals surface area contributed by atoms with E-state index in [4.69, 9.17) is 4.74 Å². The van der Waals surface area contributed by atoms with Gasteiger partial charge in [0.15, 0.2) is 0 Å². The van der Waals surface area contributed by atoms with Crippen LogP contribution < -0.4 is 10.6 Å². The molecule has 40 heavy (non-hydrogen) atoms. The molecular weight excluding hydrogens is 554 g/mol. The number of halogens is 4. The number of aromatic nitrogens is 7. The Labute approximate surface area is 229 Å². The number of alkyl halides is 4. The predicted octanol–water partition coefficient (Wildman–Crippen LogP) is 3.28. The third kappa shape index (κ3) is 7.61. The summed E-state index contributed by atoms with van der Waals surface area (Å²) in [7, 11) is 0. The number of epoxide rings is 1. The Kier molecular flexibility index (Phi) is 8.37. The van der Waals surface area contributed by atoms with E-state index in [0.29, 0.717) is 27.9 Å². The maximum Gasteiger partial charge on any atom is 0.416 e. The average Bonchev–Trinajstić information content (AvgIpc) is 3.31. The van der Waals surface area contributed by atoms with Gasteiger partial charge >= 0.3 is 6.18 Å². The minimum absolute atomic E-state index is 0.0293. The molecule has 3 atom stereocenters. The highest BCUT2D eigenvalue weighted by atomic mass is 32.1. The molecule has 1 saturated heterocycles. The first-order chi connectivity index (χ1) is 19.2. The molecule has 0 aliphatic carbocycles. The lowest BCUT2D eigenvalue weighted by Crippen LogP contribution is -2.19. The Morgan fingerprint density at radius 1 is 1.12 bits per heavy atom. The van der Waals surface area contributed by atoms with Crippen LogP contribution in [0.3, 0.4) is 0 Å². The lowest BCUT2D eigenvalue weighted by atomic mass is 10.2. The summed E-state index contributed by atoms with van der Waals surface area (Å²) < 4.78 is 60.1. The van der Waals surface area contributed by atoms with Crippen LogP contribution in [0.15, 0.2) is 48.9 Å². The summed E-state index contributed by atoms with van der Waals surface area (Å²) in [5, 5.41) is 22.5. The van der Waals surface area contributed by atoms with Crippen molar-refractivity contribution < 1.29 is 27.1 Å². The second-order valence-corrected chi connectivity index (χ2v) is 10.0. The van der Waals surface area contributed by atoms with Gasteiger partial charge in [0, 0.05) is 31.1 Å². The number of carbonyl (C=O) groups excluding carboxylic acids is 1. The first kappa shape index (κ1) is 27.7. The maximum absolute atomic E-state index is 14.6. The molecular formula is C24H23F4N9O2S. The van der Waals surface area contributed by atoms with Gasteiger partial charge in [0.1, 0.15) is 29.2 Å². The second-order valence-electron chi connectivity index (χ2n) is 8.94. The Bertz CT molecular complexity index is 1430. The number of nitrogens with one attached hydrogen (secondary N) is 2. The summed E-state index contributed by atoms with van der Waals surface area (Å²) in [6, 6.07) is 7.20. The lowest BCUT2D eigenvalue weighted by molar-refractivity contribution is -0.137. The maximum atomic E-state index is 14.6. The minimum atomic E-state index is -4.44. The normalized spacial score (nSPS) is 17.5. The molecule has 2 N–H and O–H groups in total. The minimum Gasteiger partial charge on any atom is -0.346 e. The van der Waals surface area contributed by atoms with E-state index in [2.05, 4.69) is 41.1 Å². The fraction of sp³-hybridized carbons (Fsp3) is 0.375. The number of anilines is 1. The van der Waals surface area contributed by atoms with Gasteiger partial charge in [-0.15, -0.1) is 15.3 Å². The fourth-order valence-corrected chi connectivity index (χ4v) is 4.56. The molecule has 0 saturated carbocycles. The van der Waals surface area contributed by atoms with Gasteiger partial charge in [0.25, 0.3) is 0 Å². The number of hydrogen-bond donors (Lipinski definition) is 2. The van der Waals surface area contributed by atoms with Crippen molar-refractivity contribution in [2.45, 2.75) is 57.0 Å². The summed E-state index contributed by atoms with van der Waals surface area (Å²) in [5.74, 6) is -0.267. The van der Waals surface area contributed by atoms with E-state index in [1.807, 2.05) is 0 Å². The van der Waals surface area contributed by atoms with E-state index < -0.39 is 30.2 Å². The standard InChI is InChI=1S/C24H23F4N9O2S/c25-15(4-5-20-34-35-23(40-20)32-19(38)10-16-3-1-2-7-29-16)12-37-13-18(33-36-37)21-22(39-21)31-11-17-9-14(6-8-30-17)24(26,27)28/h1-3,6-9,13,15,21-22,31H,4-5,10-12H2,(H,32,35,38). The summed E-state index contributed by atoms with van der Waals surface area (Å²) in [6.45, 7) is 0.0471. The van der Waals surface area contributed by atoms with E-state index in [0.717, 1.165) is 18.3 Å². The molecule has 11 nitrogen and oxygen atoms in total. The topological polar surface area (TPSA) is 136 Å². The zero-order valence-electron chi connectivity index (χ0n) is 20.8. The van der Waals surface area contributed by atoms with Gasteiger partial charge in [-0.2, -0.15) is 13.2 Å². The number of nitrogens with zero attached hydrogens (tertiary/aromatic N) is 7. The van der Waals surface area contributed by atoms with E-state index >= 15 is 0 Å². The molecule has 210 valence electrons. The summed E-state index contributed by atoms with van der Waals surface area (Å²) in [5.41, 5.74) is 0.569. The molecule has 16 heteroatoms. The van der Waals surface area contributed by atoms with Gasteiger partial charge in [-0.05, 0) is 30.7 Å². The molecule has 4 aromatic rings. The lowest BCUT2D eigenvalue weighted by Gasteiger charge is -2.08. The van der Waals surface area contributed by atoms with Crippen LogP contribution in [0.1, 0.15) is 40.2 Å². The van der Waals surface area contributed by atoms with Crippen molar-refractivity contribution in [1.82, 2.24) is 40.5 Å². The largest absolute Gasteiger partial charge is 0.416 e. The number of ether oxygens (including phenoxy) is 1. The van der Waals surface area contributed by atoms with Crippen molar-refractivity contribution in [3.05, 3.63) is 76.6 Å². The molecule has 1 aliphatic rings. The van der Waals surface area contributed by atoms with E-state index in [-0.39, 0.29) is 37.5 Å². The first-order valence-electron chi connectivity index (χ1n) is 12.2. The molecule has 3 unspecified atom stereocenters. The van der Waals surface area contributed by atoms with Gasteiger partial charge in [0.2, 0.25) is 11.0 Å². The Morgan fingerprint density at radius 2 is 1.98 bits per heavy atom. The van der Waals surface area contributed by atoms with Crippen LogP contribution in [-0.4, -0.2) is 53.5 Å². The Hall–Kier alpha value is -3.89. The van der Waals surface area contributed by atoms with Gasteiger partial charge in [-0.1, -0.05) is 22.6 Å². The highest BCUT2D eigenvalue weighted by molar-refractivity contribution is 7.15. The fourth-order valence-electron chi connectivity index (χ4n) is 3.79. The summed E-state index contributed by atoms with van der Waals surface area (Å²) >= 11 is 1.18. The van der Waals surface area contributed by atoms with Crippen LogP contribution in [0.25, 0.3) is 0 Å². The van der Waals surface area contributed by atoms with Crippen molar-refractivity contribution in [2.24, 2.45) is 0 Å². The molecule has 5 rings (SSSR count). The smallest absolute Gasteiger partial charge is 0.346 e. The second kappa shape index (κ2) is 12.1. The van der Waals surface area contributed by atoms with Crippen molar-refractivity contribution in [3.63, 3.8) is 0 Å². The number of amides is 1. The molecule has 4 aromatic heterocycles. The van der Waals surface area contributed by atoms with Crippen LogP contribution >= 0.6 is 11.3 Å². The Balaban J connectivity index is 1.03. The van der Waals surface area contributed by atoms with Crippen molar-refractivity contribution in [2.75, 3.05) is 5.32 Å². The number of carbonyl (C=O) groups is 1. The van der Waals surface area contributed by atoms with Gasteiger partial charge < -0.3 is 10.1 Å². The van der Waals surface area contributed by atoms with Crippen molar-refractivity contribution in [3.8, 4) is 0 Å². The van der Waals surface area contributed by atoms with Crippen LogP contribution in [0.5, 0.6) is 0 Å².